The van der Waals surface area contributed by atoms with Crippen molar-refractivity contribution >= 4 is 10.1 Å². The predicted molar refractivity (Wildman–Crippen MR) is 97.4 cm³/mol. The minimum atomic E-state index is -6.93. The molecule has 192 valence electrons. The van der Waals surface area contributed by atoms with Gasteiger partial charge in [0.2, 0.25) is 0 Å². The normalized spacial score (nSPS) is 21.7. The molecule has 0 bridgehead atoms. The highest BCUT2D eigenvalue weighted by Gasteiger charge is 2.73. The van der Waals surface area contributed by atoms with Crippen LogP contribution in [-0.4, -0.2) is 49.6 Å². The maximum atomic E-state index is 13.6. The Morgan fingerprint density at radius 1 is 0.906 bits per heavy atom. The summed E-state index contributed by atoms with van der Waals surface area (Å²) in [6, 6.07) is 0. The van der Waals surface area contributed by atoms with Crippen LogP contribution in [0.2, 0.25) is 0 Å². The van der Waals surface area contributed by atoms with E-state index < -0.39 is 53.0 Å². The summed E-state index contributed by atoms with van der Waals surface area (Å²) in [7, 11) is -6.93. The molecule has 0 heterocycles. The molecule has 0 aliphatic heterocycles. The van der Waals surface area contributed by atoms with Gasteiger partial charge < -0.3 is 4.74 Å². The molecule has 2 atom stereocenters. The van der Waals surface area contributed by atoms with E-state index in [0.717, 1.165) is 38.5 Å². The number of alkyl halides is 8. The summed E-state index contributed by atoms with van der Waals surface area (Å²) in [5, 5.41) is -6.57. The van der Waals surface area contributed by atoms with Gasteiger partial charge in [0.1, 0.15) is 0 Å². The lowest BCUT2D eigenvalue weighted by atomic mass is 9.78. The largest absolute Gasteiger partial charge is 0.460 e. The van der Waals surface area contributed by atoms with E-state index in [0.29, 0.717) is 18.3 Å². The van der Waals surface area contributed by atoms with Gasteiger partial charge in [-0.2, -0.15) is 43.5 Å². The number of halogens is 8. The van der Waals surface area contributed by atoms with Crippen LogP contribution in [-0.2, 0) is 19.6 Å². The second kappa shape index (κ2) is 11.1. The van der Waals surface area contributed by atoms with Crippen molar-refractivity contribution in [1.29, 1.82) is 0 Å². The Morgan fingerprint density at radius 2 is 1.47 bits per heavy atom. The number of ether oxygens (including phenoxy) is 2. The van der Waals surface area contributed by atoms with Gasteiger partial charge in [0, 0.05) is 19.6 Å². The highest BCUT2D eigenvalue weighted by atomic mass is 32.2. The van der Waals surface area contributed by atoms with E-state index in [4.69, 9.17) is 9.29 Å². The van der Waals surface area contributed by atoms with E-state index in [1.807, 2.05) is 0 Å². The van der Waals surface area contributed by atoms with E-state index in [1.165, 1.54) is 0 Å². The lowest BCUT2D eigenvalue weighted by Crippen LogP contribution is -2.55. The maximum absolute atomic E-state index is 13.6. The summed E-state index contributed by atoms with van der Waals surface area (Å²) >= 11 is 0. The second-order valence-corrected chi connectivity index (χ2v) is 9.49. The summed E-state index contributed by atoms with van der Waals surface area (Å²) < 4.78 is 142. The van der Waals surface area contributed by atoms with Crippen LogP contribution in [0.3, 0.4) is 0 Å². The molecule has 32 heavy (non-hydrogen) atoms. The predicted octanol–water partition coefficient (Wildman–Crippen LogP) is 6.10. The average molecular weight is 508 g/mol. The number of hydrogen-bond donors (Lipinski definition) is 1. The smallest absolute Gasteiger partial charge is 0.381 e. The van der Waals surface area contributed by atoms with Gasteiger partial charge >= 0.3 is 33.5 Å². The maximum Gasteiger partial charge on any atom is 0.460 e. The highest BCUT2D eigenvalue weighted by Crippen LogP contribution is 2.47. The zero-order valence-corrected chi connectivity index (χ0v) is 18.3. The molecule has 0 amide bonds. The van der Waals surface area contributed by atoms with Crippen LogP contribution < -0.4 is 0 Å². The average Bonchev–Trinajstić information content (AvgIpc) is 2.63. The van der Waals surface area contributed by atoms with Gasteiger partial charge in [-0.25, -0.2) is 4.74 Å². The van der Waals surface area contributed by atoms with Crippen LogP contribution in [0.15, 0.2) is 0 Å². The standard InChI is InChI=1S/C18H28F8O5S/c1-2-5-13-6-3-7-14(12-13)8-11-30-10-4-9-15(19,20)16(21,22)31-17(23,24)18(25,26)32(27,28)29/h13-14H,2-12H2,1H3,(H,27,28,29). The summed E-state index contributed by atoms with van der Waals surface area (Å²) in [6.45, 7) is 1.88. The third-order valence-corrected chi connectivity index (χ3v) is 6.27. The Hall–Kier alpha value is -0.730. The summed E-state index contributed by atoms with van der Waals surface area (Å²) in [6.07, 6.45) is -8.12. The van der Waals surface area contributed by atoms with Crippen molar-refractivity contribution < 1.29 is 57.6 Å². The SMILES string of the molecule is CCCC1CCCC(CCOCCCC(F)(F)C(F)(F)OC(F)(F)C(F)(F)S(=O)(=O)O)C1. The monoisotopic (exact) mass is 508 g/mol. The molecule has 1 rings (SSSR count). The topological polar surface area (TPSA) is 72.8 Å². The third kappa shape index (κ3) is 7.66. The molecule has 2 unspecified atom stereocenters. The Kier molecular flexibility index (Phi) is 10.2. The lowest BCUT2D eigenvalue weighted by molar-refractivity contribution is -0.456. The van der Waals surface area contributed by atoms with E-state index in [2.05, 4.69) is 11.7 Å². The molecule has 0 spiro atoms. The van der Waals surface area contributed by atoms with E-state index in [-0.39, 0.29) is 6.61 Å². The fraction of sp³-hybridized carbons (Fsp3) is 1.00. The van der Waals surface area contributed by atoms with E-state index in [9.17, 15) is 43.5 Å². The number of hydrogen-bond acceptors (Lipinski definition) is 4. The van der Waals surface area contributed by atoms with Gasteiger partial charge in [0.15, 0.2) is 0 Å². The van der Waals surface area contributed by atoms with Crippen molar-refractivity contribution in [2.24, 2.45) is 11.8 Å². The summed E-state index contributed by atoms with van der Waals surface area (Å²) in [5.74, 6) is -4.30. The first-order valence-corrected chi connectivity index (χ1v) is 11.7. The minimum absolute atomic E-state index is 0.195. The second-order valence-electron chi connectivity index (χ2n) is 8.02. The molecule has 0 radical (unpaired) electrons. The fourth-order valence-corrected chi connectivity index (χ4v) is 4.02. The lowest BCUT2D eigenvalue weighted by Gasteiger charge is -2.31. The van der Waals surface area contributed by atoms with Crippen molar-refractivity contribution in [3.05, 3.63) is 0 Å². The first-order valence-electron chi connectivity index (χ1n) is 10.2. The molecule has 1 saturated carbocycles. The highest BCUT2D eigenvalue weighted by molar-refractivity contribution is 7.86. The zero-order chi connectivity index (χ0) is 24.8. The number of rotatable bonds is 14. The van der Waals surface area contributed by atoms with E-state index >= 15 is 0 Å². The van der Waals surface area contributed by atoms with E-state index in [1.54, 1.807) is 0 Å². The first kappa shape index (κ1) is 29.3. The van der Waals surface area contributed by atoms with Gasteiger partial charge in [-0.3, -0.25) is 4.55 Å². The summed E-state index contributed by atoms with van der Waals surface area (Å²) in [5.41, 5.74) is 0. The molecule has 0 aromatic rings. The Balaban J connectivity index is 2.48. The van der Waals surface area contributed by atoms with Crippen molar-refractivity contribution in [3.63, 3.8) is 0 Å². The molecule has 1 N–H and O–H groups in total. The molecule has 1 aliphatic rings. The van der Waals surface area contributed by atoms with Crippen molar-refractivity contribution in [2.45, 2.75) is 88.1 Å². The molecule has 5 nitrogen and oxygen atoms in total. The van der Waals surface area contributed by atoms with Crippen LogP contribution in [0.25, 0.3) is 0 Å². The van der Waals surface area contributed by atoms with Gasteiger partial charge in [0.05, 0.1) is 0 Å². The first-order chi connectivity index (χ1) is 14.5. The van der Waals surface area contributed by atoms with Gasteiger partial charge in [-0.1, -0.05) is 39.0 Å². The minimum Gasteiger partial charge on any atom is -0.381 e. The summed E-state index contributed by atoms with van der Waals surface area (Å²) in [4.78, 5) is 0. The molecule has 14 heteroatoms. The zero-order valence-electron chi connectivity index (χ0n) is 17.4. The van der Waals surface area contributed by atoms with Gasteiger partial charge in [0.25, 0.3) is 0 Å². The van der Waals surface area contributed by atoms with Crippen LogP contribution in [0.5, 0.6) is 0 Å². The Bertz CT molecular complexity index is 685. The Labute approximate surface area is 181 Å². The van der Waals surface area contributed by atoms with Crippen LogP contribution >= 0.6 is 0 Å². The molecule has 1 fully saturated rings. The molecule has 1 aliphatic carbocycles. The van der Waals surface area contributed by atoms with Crippen molar-refractivity contribution in [3.8, 4) is 0 Å². The van der Waals surface area contributed by atoms with Crippen LogP contribution in [0, 0.1) is 11.8 Å². The van der Waals surface area contributed by atoms with Gasteiger partial charge in [-0.15, -0.1) is 0 Å². The van der Waals surface area contributed by atoms with Gasteiger partial charge in [-0.05, 0) is 31.1 Å². The molecule has 0 saturated heterocycles. The third-order valence-electron chi connectivity index (χ3n) is 5.38. The molecule has 0 aromatic heterocycles. The fourth-order valence-electron chi connectivity index (χ4n) is 3.67. The quantitative estimate of drug-likeness (QED) is 0.174. The molecular weight excluding hydrogens is 480 g/mol. The van der Waals surface area contributed by atoms with Crippen molar-refractivity contribution in [1.82, 2.24) is 0 Å². The van der Waals surface area contributed by atoms with Crippen LogP contribution in [0.4, 0.5) is 35.1 Å². The molecular formula is C18H28F8O5S. The Morgan fingerprint density at radius 3 is 2.00 bits per heavy atom. The van der Waals surface area contributed by atoms with Crippen molar-refractivity contribution in [2.75, 3.05) is 13.2 Å². The van der Waals surface area contributed by atoms with Crippen LogP contribution in [0.1, 0.15) is 64.7 Å². The molecule has 0 aromatic carbocycles.